The number of amides is 2. The number of hydrogen-bond acceptors (Lipinski definition) is 4. The van der Waals surface area contributed by atoms with Gasteiger partial charge in [0.15, 0.2) is 0 Å². The van der Waals surface area contributed by atoms with E-state index in [1.165, 1.54) is 4.90 Å². The standard InChI is InChI=1S/C24H31BrClN3O4S/c1-6-20(23(31)27-24(2,3)4)28(15-17-11-13-18(26)14-12-17)22(30)16-29(34(5,32)33)21-10-8-7-9-19(21)25/h7-14,20H,6,15-16H2,1-5H3,(H,27,31)/t20-/m1/s1. The van der Waals surface area contributed by atoms with Crippen LogP contribution in [0.3, 0.4) is 0 Å². The van der Waals surface area contributed by atoms with Crippen LogP contribution in [0.5, 0.6) is 0 Å². The lowest BCUT2D eigenvalue weighted by Crippen LogP contribution is -2.55. The molecule has 0 aliphatic rings. The number of para-hydroxylation sites is 1. The highest BCUT2D eigenvalue weighted by molar-refractivity contribution is 9.10. The molecule has 0 aliphatic carbocycles. The van der Waals surface area contributed by atoms with Gasteiger partial charge in [0.25, 0.3) is 0 Å². The van der Waals surface area contributed by atoms with Gasteiger partial charge in [-0.15, -0.1) is 0 Å². The molecule has 2 aromatic carbocycles. The molecule has 0 bridgehead atoms. The number of rotatable bonds is 9. The first-order chi connectivity index (χ1) is 15.7. The van der Waals surface area contributed by atoms with Gasteiger partial charge in [-0.25, -0.2) is 8.42 Å². The largest absolute Gasteiger partial charge is 0.350 e. The average Bonchev–Trinajstić information content (AvgIpc) is 2.71. The Kier molecular flexibility index (Phi) is 9.56. The lowest BCUT2D eigenvalue weighted by Gasteiger charge is -2.34. The zero-order valence-corrected chi connectivity index (χ0v) is 23.2. The predicted molar refractivity (Wildman–Crippen MR) is 140 cm³/mol. The number of nitrogens with one attached hydrogen (secondary N) is 1. The third-order valence-corrected chi connectivity index (χ3v) is 7.00. The Labute approximate surface area is 215 Å². The minimum absolute atomic E-state index is 0.125. The monoisotopic (exact) mass is 571 g/mol. The first-order valence-corrected chi connectivity index (χ1v) is 13.8. The van der Waals surface area contributed by atoms with E-state index in [1.54, 1.807) is 48.5 Å². The van der Waals surface area contributed by atoms with E-state index in [4.69, 9.17) is 11.6 Å². The smallest absolute Gasteiger partial charge is 0.244 e. The van der Waals surface area contributed by atoms with Crippen molar-refractivity contribution in [1.82, 2.24) is 10.2 Å². The molecule has 7 nitrogen and oxygen atoms in total. The lowest BCUT2D eigenvalue weighted by molar-refractivity contribution is -0.141. The number of anilines is 1. The lowest BCUT2D eigenvalue weighted by atomic mass is 10.1. The van der Waals surface area contributed by atoms with Crippen LogP contribution in [0.2, 0.25) is 5.02 Å². The number of hydrogen-bond donors (Lipinski definition) is 1. The molecule has 2 rings (SSSR count). The van der Waals surface area contributed by atoms with Gasteiger partial charge in [-0.1, -0.05) is 42.8 Å². The quantitative estimate of drug-likeness (QED) is 0.476. The molecule has 0 unspecified atom stereocenters. The maximum atomic E-state index is 13.6. The molecule has 2 aromatic rings. The van der Waals surface area contributed by atoms with Crippen molar-refractivity contribution >= 4 is 55.1 Å². The van der Waals surface area contributed by atoms with Gasteiger partial charge in [0.2, 0.25) is 21.8 Å². The van der Waals surface area contributed by atoms with E-state index >= 15 is 0 Å². The van der Waals surface area contributed by atoms with E-state index < -0.39 is 34.1 Å². The van der Waals surface area contributed by atoms with Crippen molar-refractivity contribution in [3.63, 3.8) is 0 Å². The van der Waals surface area contributed by atoms with Crippen molar-refractivity contribution < 1.29 is 18.0 Å². The van der Waals surface area contributed by atoms with Gasteiger partial charge in [-0.2, -0.15) is 0 Å². The molecule has 0 saturated heterocycles. The maximum Gasteiger partial charge on any atom is 0.244 e. The Morgan fingerprint density at radius 2 is 1.68 bits per heavy atom. The molecular weight excluding hydrogens is 542 g/mol. The van der Waals surface area contributed by atoms with Gasteiger partial charge < -0.3 is 10.2 Å². The first-order valence-electron chi connectivity index (χ1n) is 10.8. The molecule has 0 spiro atoms. The van der Waals surface area contributed by atoms with Crippen LogP contribution in [-0.2, 0) is 26.2 Å². The predicted octanol–water partition coefficient (Wildman–Crippen LogP) is 4.59. The topological polar surface area (TPSA) is 86.8 Å². The molecule has 34 heavy (non-hydrogen) atoms. The van der Waals surface area contributed by atoms with Gasteiger partial charge in [0.1, 0.15) is 12.6 Å². The highest BCUT2D eigenvalue weighted by atomic mass is 79.9. The van der Waals surface area contributed by atoms with Crippen molar-refractivity contribution in [2.24, 2.45) is 0 Å². The Balaban J connectivity index is 2.46. The molecule has 10 heteroatoms. The second kappa shape index (κ2) is 11.6. The second-order valence-corrected chi connectivity index (χ2v) is 12.2. The van der Waals surface area contributed by atoms with Crippen LogP contribution >= 0.6 is 27.5 Å². The number of carbonyl (C=O) groups excluding carboxylic acids is 2. The maximum absolute atomic E-state index is 13.6. The molecule has 1 atom stereocenters. The van der Waals surface area contributed by atoms with Crippen molar-refractivity contribution in [1.29, 1.82) is 0 Å². The van der Waals surface area contributed by atoms with Crippen molar-refractivity contribution in [3.8, 4) is 0 Å². The highest BCUT2D eigenvalue weighted by Gasteiger charge is 2.33. The fourth-order valence-corrected chi connectivity index (χ4v) is 5.01. The van der Waals surface area contributed by atoms with Crippen LogP contribution in [0, 0.1) is 0 Å². The number of carbonyl (C=O) groups is 2. The molecule has 0 fully saturated rings. The van der Waals surface area contributed by atoms with Crippen molar-refractivity contribution in [2.75, 3.05) is 17.1 Å². The summed E-state index contributed by atoms with van der Waals surface area (Å²) in [5.74, 6) is -0.795. The van der Waals surface area contributed by atoms with Crippen LogP contribution in [-0.4, -0.2) is 49.5 Å². The van der Waals surface area contributed by atoms with Crippen molar-refractivity contribution in [3.05, 3.63) is 63.6 Å². The molecule has 0 aromatic heterocycles. The molecule has 0 radical (unpaired) electrons. The first kappa shape index (κ1) is 28.1. The third-order valence-electron chi connectivity index (χ3n) is 4.95. The van der Waals surface area contributed by atoms with Gasteiger partial charge in [-0.05, 0) is 73.0 Å². The molecular formula is C24H31BrClN3O4S. The summed E-state index contributed by atoms with van der Waals surface area (Å²) in [5.41, 5.74) is 0.622. The van der Waals surface area contributed by atoms with Crippen LogP contribution < -0.4 is 9.62 Å². The van der Waals surface area contributed by atoms with E-state index in [0.29, 0.717) is 21.6 Å². The Hall–Kier alpha value is -2.10. The fourth-order valence-electron chi connectivity index (χ4n) is 3.41. The summed E-state index contributed by atoms with van der Waals surface area (Å²) in [6.45, 7) is 7.08. The van der Waals surface area contributed by atoms with E-state index in [0.717, 1.165) is 16.1 Å². The van der Waals surface area contributed by atoms with Crippen LogP contribution in [0.4, 0.5) is 5.69 Å². The Bertz CT molecular complexity index is 1120. The molecule has 0 saturated carbocycles. The van der Waals surface area contributed by atoms with Crippen LogP contribution in [0.1, 0.15) is 39.7 Å². The van der Waals surface area contributed by atoms with E-state index in [1.807, 2.05) is 27.7 Å². The number of nitrogens with zero attached hydrogens (tertiary/aromatic N) is 2. The van der Waals surface area contributed by atoms with E-state index in [-0.39, 0.29) is 12.5 Å². The number of benzene rings is 2. The van der Waals surface area contributed by atoms with Gasteiger partial charge in [-0.3, -0.25) is 13.9 Å². The molecule has 0 heterocycles. The summed E-state index contributed by atoms with van der Waals surface area (Å²) in [4.78, 5) is 28.2. The Morgan fingerprint density at radius 3 is 2.18 bits per heavy atom. The van der Waals surface area contributed by atoms with Crippen molar-refractivity contribution in [2.45, 2.75) is 52.2 Å². The SMILES string of the molecule is CC[C@H](C(=O)NC(C)(C)C)N(Cc1ccc(Cl)cc1)C(=O)CN(c1ccccc1Br)S(C)(=O)=O. The normalized spacial score (nSPS) is 12.7. The molecule has 1 N–H and O–H groups in total. The summed E-state index contributed by atoms with van der Waals surface area (Å²) in [5, 5.41) is 3.48. The minimum Gasteiger partial charge on any atom is -0.350 e. The molecule has 0 aliphatic heterocycles. The van der Waals surface area contributed by atoms with Gasteiger partial charge in [0, 0.05) is 21.6 Å². The van der Waals surface area contributed by atoms with Gasteiger partial charge >= 0.3 is 0 Å². The van der Waals surface area contributed by atoms with E-state index in [2.05, 4.69) is 21.2 Å². The summed E-state index contributed by atoms with van der Waals surface area (Å²) in [7, 11) is -3.79. The molecule has 186 valence electrons. The Morgan fingerprint density at radius 1 is 1.09 bits per heavy atom. The third kappa shape index (κ3) is 7.99. The van der Waals surface area contributed by atoms with E-state index in [9.17, 15) is 18.0 Å². The average molecular weight is 573 g/mol. The number of halogens is 2. The summed E-state index contributed by atoms with van der Waals surface area (Å²) in [6, 6.07) is 13.0. The second-order valence-electron chi connectivity index (χ2n) is 9.03. The summed E-state index contributed by atoms with van der Waals surface area (Å²) >= 11 is 9.37. The highest BCUT2D eigenvalue weighted by Crippen LogP contribution is 2.28. The molecule has 2 amide bonds. The zero-order valence-electron chi connectivity index (χ0n) is 20.0. The van der Waals surface area contributed by atoms with Crippen LogP contribution in [0.25, 0.3) is 0 Å². The van der Waals surface area contributed by atoms with Gasteiger partial charge in [0.05, 0.1) is 11.9 Å². The zero-order chi connectivity index (χ0) is 25.7. The minimum atomic E-state index is -3.79. The summed E-state index contributed by atoms with van der Waals surface area (Å²) < 4.78 is 26.9. The number of sulfonamides is 1. The fraction of sp³-hybridized carbons (Fsp3) is 0.417. The van der Waals surface area contributed by atoms with Crippen LogP contribution in [0.15, 0.2) is 53.0 Å². The summed E-state index contributed by atoms with van der Waals surface area (Å²) in [6.07, 6.45) is 1.40.